The van der Waals surface area contributed by atoms with Crippen molar-refractivity contribution in [1.82, 2.24) is 24.6 Å². The Labute approximate surface area is 123 Å². The normalized spacial score (nSPS) is 18.7. The van der Waals surface area contributed by atoms with E-state index in [0.717, 1.165) is 29.9 Å². The van der Waals surface area contributed by atoms with Gasteiger partial charge >= 0.3 is 0 Å². The highest BCUT2D eigenvalue weighted by molar-refractivity contribution is 5.86. The monoisotopic (exact) mass is 288 g/mol. The van der Waals surface area contributed by atoms with E-state index in [1.165, 1.54) is 0 Å². The molecule has 112 valence electrons. The summed E-state index contributed by atoms with van der Waals surface area (Å²) in [6.07, 6.45) is 2.38. The molecule has 1 aliphatic rings. The van der Waals surface area contributed by atoms with Gasteiger partial charge < -0.3 is 10.2 Å². The van der Waals surface area contributed by atoms with E-state index in [1.807, 2.05) is 18.9 Å². The SMILES string of the molecule is CCNc1nc(CN2CC(C)CC2=O)nc2c1cnn2C. The number of carbonyl (C=O) groups is 1. The molecular formula is C14H20N6O. The van der Waals surface area contributed by atoms with Gasteiger partial charge in [0.2, 0.25) is 5.91 Å². The third-order valence-corrected chi connectivity index (χ3v) is 3.72. The minimum Gasteiger partial charge on any atom is -0.370 e. The van der Waals surface area contributed by atoms with E-state index in [-0.39, 0.29) is 5.91 Å². The van der Waals surface area contributed by atoms with E-state index < -0.39 is 0 Å². The van der Waals surface area contributed by atoms with Gasteiger partial charge in [-0.3, -0.25) is 9.48 Å². The van der Waals surface area contributed by atoms with Crippen molar-refractivity contribution in [3.8, 4) is 0 Å². The van der Waals surface area contributed by atoms with Gasteiger partial charge in [-0.1, -0.05) is 6.92 Å². The number of rotatable bonds is 4. The number of hydrogen-bond acceptors (Lipinski definition) is 5. The summed E-state index contributed by atoms with van der Waals surface area (Å²) < 4.78 is 1.73. The van der Waals surface area contributed by atoms with Gasteiger partial charge in [0.1, 0.15) is 5.82 Å². The number of amides is 1. The molecule has 1 aliphatic heterocycles. The summed E-state index contributed by atoms with van der Waals surface area (Å²) in [7, 11) is 1.86. The fourth-order valence-corrected chi connectivity index (χ4v) is 2.73. The van der Waals surface area contributed by atoms with Gasteiger partial charge in [0.25, 0.3) is 0 Å². The molecule has 0 saturated carbocycles. The summed E-state index contributed by atoms with van der Waals surface area (Å²) in [5, 5.41) is 8.38. The molecular weight excluding hydrogens is 268 g/mol. The van der Waals surface area contributed by atoms with Crippen LogP contribution < -0.4 is 5.32 Å². The van der Waals surface area contributed by atoms with Crippen LogP contribution in [0.5, 0.6) is 0 Å². The fraction of sp³-hybridized carbons (Fsp3) is 0.571. The Balaban J connectivity index is 1.95. The first-order valence-corrected chi connectivity index (χ1v) is 7.28. The average Bonchev–Trinajstić information content (AvgIpc) is 2.94. The first-order valence-electron chi connectivity index (χ1n) is 7.28. The van der Waals surface area contributed by atoms with Crippen LogP contribution in [0.2, 0.25) is 0 Å². The van der Waals surface area contributed by atoms with Crippen molar-refractivity contribution < 1.29 is 4.79 Å². The second-order valence-corrected chi connectivity index (χ2v) is 5.61. The summed E-state index contributed by atoms with van der Waals surface area (Å²) in [4.78, 5) is 22.9. The molecule has 3 heterocycles. The number of aromatic nitrogens is 4. The number of fused-ring (bicyclic) bond motifs is 1. The third kappa shape index (κ3) is 2.55. The maximum atomic E-state index is 11.9. The maximum absolute atomic E-state index is 11.9. The molecule has 2 aromatic rings. The zero-order valence-corrected chi connectivity index (χ0v) is 12.6. The van der Waals surface area contributed by atoms with Gasteiger partial charge in [-0.15, -0.1) is 0 Å². The van der Waals surface area contributed by atoms with Crippen molar-refractivity contribution in [2.45, 2.75) is 26.8 Å². The van der Waals surface area contributed by atoms with Crippen LogP contribution in [-0.2, 0) is 18.4 Å². The minimum atomic E-state index is 0.182. The molecule has 21 heavy (non-hydrogen) atoms. The Morgan fingerprint density at radius 1 is 1.43 bits per heavy atom. The number of carbonyl (C=O) groups excluding carboxylic acids is 1. The lowest BCUT2D eigenvalue weighted by atomic mass is 10.2. The lowest BCUT2D eigenvalue weighted by molar-refractivity contribution is -0.128. The smallest absolute Gasteiger partial charge is 0.223 e. The highest BCUT2D eigenvalue weighted by Gasteiger charge is 2.27. The summed E-state index contributed by atoms with van der Waals surface area (Å²) in [5.74, 6) is 2.03. The quantitative estimate of drug-likeness (QED) is 0.913. The standard InChI is InChI=1S/C14H20N6O/c1-4-15-13-10-6-16-19(3)14(10)18-11(17-13)8-20-7-9(2)5-12(20)21/h6,9H,4-5,7-8H2,1-3H3,(H,15,17,18). The zero-order valence-electron chi connectivity index (χ0n) is 12.6. The first kappa shape index (κ1) is 13.8. The van der Waals surface area contributed by atoms with Gasteiger partial charge in [-0.25, -0.2) is 9.97 Å². The Hall–Kier alpha value is -2.18. The lowest BCUT2D eigenvalue weighted by Crippen LogP contribution is -2.25. The summed E-state index contributed by atoms with van der Waals surface area (Å²) in [6.45, 7) is 6.13. The molecule has 1 amide bonds. The van der Waals surface area contributed by atoms with Crippen molar-refractivity contribution in [3.05, 3.63) is 12.0 Å². The van der Waals surface area contributed by atoms with Crippen LogP contribution in [-0.4, -0.2) is 43.6 Å². The van der Waals surface area contributed by atoms with Crippen LogP contribution in [0.1, 0.15) is 26.1 Å². The number of hydrogen-bond donors (Lipinski definition) is 1. The van der Waals surface area contributed by atoms with Gasteiger partial charge in [0.05, 0.1) is 18.1 Å². The molecule has 2 aromatic heterocycles. The predicted octanol–water partition coefficient (Wildman–Crippen LogP) is 1.16. The number of nitrogens with one attached hydrogen (secondary N) is 1. The Bertz CT molecular complexity index is 679. The van der Waals surface area contributed by atoms with E-state index in [9.17, 15) is 4.79 Å². The van der Waals surface area contributed by atoms with Crippen molar-refractivity contribution in [1.29, 1.82) is 0 Å². The van der Waals surface area contributed by atoms with E-state index >= 15 is 0 Å². The van der Waals surface area contributed by atoms with Crippen LogP contribution in [0.3, 0.4) is 0 Å². The van der Waals surface area contributed by atoms with Crippen LogP contribution >= 0.6 is 0 Å². The largest absolute Gasteiger partial charge is 0.370 e. The van der Waals surface area contributed by atoms with Crippen LogP contribution in [0.15, 0.2) is 6.20 Å². The molecule has 0 radical (unpaired) electrons. The van der Waals surface area contributed by atoms with Crippen LogP contribution in [0, 0.1) is 5.92 Å². The minimum absolute atomic E-state index is 0.182. The molecule has 1 fully saturated rings. The van der Waals surface area contributed by atoms with E-state index in [0.29, 0.717) is 24.7 Å². The van der Waals surface area contributed by atoms with Crippen molar-refractivity contribution in [2.24, 2.45) is 13.0 Å². The highest BCUT2D eigenvalue weighted by atomic mass is 16.2. The Kier molecular flexibility index (Phi) is 3.48. The summed E-state index contributed by atoms with van der Waals surface area (Å²) in [6, 6.07) is 0. The molecule has 0 aromatic carbocycles. The summed E-state index contributed by atoms with van der Waals surface area (Å²) >= 11 is 0. The van der Waals surface area contributed by atoms with Crippen LogP contribution in [0.4, 0.5) is 5.82 Å². The number of aryl methyl sites for hydroxylation is 1. The Morgan fingerprint density at radius 2 is 2.24 bits per heavy atom. The van der Waals surface area contributed by atoms with Crippen LogP contribution in [0.25, 0.3) is 11.0 Å². The number of nitrogens with zero attached hydrogens (tertiary/aromatic N) is 5. The van der Waals surface area contributed by atoms with Crippen molar-refractivity contribution in [3.63, 3.8) is 0 Å². The predicted molar refractivity (Wildman–Crippen MR) is 79.7 cm³/mol. The maximum Gasteiger partial charge on any atom is 0.223 e. The molecule has 7 heteroatoms. The van der Waals surface area contributed by atoms with Gasteiger partial charge in [0.15, 0.2) is 11.5 Å². The topological polar surface area (TPSA) is 75.9 Å². The molecule has 1 saturated heterocycles. The summed E-state index contributed by atoms with van der Waals surface area (Å²) in [5.41, 5.74) is 0.788. The molecule has 1 unspecified atom stereocenters. The lowest BCUT2D eigenvalue weighted by Gasteiger charge is -2.15. The van der Waals surface area contributed by atoms with Gasteiger partial charge in [0, 0.05) is 26.6 Å². The van der Waals surface area contributed by atoms with Crippen molar-refractivity contribution in [2.75, 3.05) is 18.4 Å². The second kappa shape index (κ2) is 5.31. The molecule has 1 N–H and O–H groups in total. The van der Waals surface area contributed by atoms with E-state index in [2.05, 4.69) is 27.3 Å². The molecule has 1 atom stereocenters. The molecule has 0 bridgehead atoms. The highest BCUT2D eigenvalue weighted by Crippen LogP contribution is 2.22. The number of likely N-dealkylation sites (tertiary alicyclic amines) is 1. The molecule has 0 aliphatic carbocycles. The zero-order chi connectivity index (χ0) is 15.0. The molecule has 3 rings (SSSR count). The van der Waals surface area contributed by atoms with E-state index in [4.69, 9.17) is 0 Å². The van der Waals surface area contributed by atoms with Gasteiger partial charge in [-0.2, -0.15) is 5.10 Å². The molecule has 7 nitrogen and oxygen atoms in total. The average molecular weight is 288 g/mol. The van der Waals surface area contributed by atoms with Crippen molar-refractivity contribution >= 4 is 22.8 Å². The molecule has 0 spiro atoms. The van der Waals surface area contributed by atoms with Gasteiger partial charge in [-0.05, 0) is 12.8 Å². The van der Waals surface area contributed by atoms with E-state index in [1.54, 1.807) is 10.9 Å². The Morgan fingerprint density at radius 3 is 2.90 bits per heavy atom. The third-order valence-electron chi connectivity index (χ3n) is 3.72. The first-order chi connectivity index (χ1) is 10.1. The second-order valence-electron chi connectivity index (χ2n) is 5.61. The number of anilines is 1. The fourth-order valence-electron chi connectivity index (χ4n) is 2.73.